The number of ether oxygens (including phenoxy) is 1. The maximum absolute atomic E-state index is 6.00. The number of rotatable bonds is 7. The minimum Gasteiger partial charge on any atom is -0.381 e. The van der Waals surface area contributed by atoms with Crippen LogP contribution in [0.4, 0.5) is 0 Å². The van der Waals surface area contributed by atoms with Crippen molar-refractivity contribution < 1.29 is 4.74 Å². The zero-order chi connectivity index (χ0) is 21.4. The Morgan fingerprint density at radius 1 is 1.19 bits per heavy atom. The first-order valence-electron chi connectivity index (χ1n) is 11.3. The first-order chi connectivity index (χ1) is 14.5. The first-order valence-corrected chi connectivity index (χ1v) is 11.7. The van der Waals surface area contributed by atoms with Gasteiger partial charge in [0.1, 0.15) is 0 Å². The number of guanidine groups is 1. The van der Waals surface area contributed by atoms with Crippen molar-refractivity contribution in [2.45, 2.75) is 50.7 Å². The summed E-state index contributed by atoms with van der Waals surface area (Å²) in [6.45, 7) is 8.63. The van der Waals surface area contributed by atoms with E-state index < -0.39 is 0 Å². The second kappa shape index (κ2) is 13.2. The largest absolute Gasteiger partial charge is 0.381 e. The van der Waals surface area contributed by atoms with Crippen molar-refractivity contribution in [3.05, 3.63) is 34.9 Å². The van der Waals surface area contributed by atoms with Gasteiger partial charge >= 0.3 is 0 Å². The zero-order valence-corrected chi connectivity index (χ0v) is 22.3. The number of nitrogens with one attached hydrogen (secondary N) is 2. The maximum atomic E-state index is 6.00. The second-order valence-electron chi connectivity index (χ2n) is 8.75. The van der Waals surface area contributed by atoms with Crippen molar-refractivity contribution >= 4 is 41.5 Å². The highest BCUT2D eigenvalue weighted by Crippen LogP contribution is 2.26. The molecule has 2 heterocycles. The van der Waals surface area contributed by atoms with E-state index in [1.165, 1.54) is 5.56 Å². The molecule has 0 spiro atoms. The number of halogens is 2. The molecule has 0 unspecified atom stereocenters. The zero-order valence-electron chi connectivity index (χ0n) is 19.2. The molecular formula is C23H39ClIN5O. The van der Waals surface area contributed by atoms with Crippen LogP contribution in [0.3, 0.4) is 0 Å². The minimum absolute atomic E-state index is 0. The number of piperidine rings is 1. The molecule has 6 nitrogen and oxygen atoms in total. The van der Waals surface area contributed by atoms with Crippen LogP contribution in [-0.4, -0.2) is 80.8 Å². The molecule has 0 aromatic heterocycles. The Bertz CT molecular complexity index is 671. The van der Waals surface area contributed by atoms with Crippen molar-refractivity contribution in [2.24, 2.45) is 4.99 Å². The van der Waals surface area contributed by atoms with Gasteiger partial charge in [-0.25, -0.2) is 0 Å². The number of nitrogens with zero attached hydrogens (tertiary/aromatic N) is 3. The summed E-state index contributed by atoms with van der Waals surface area (Å²) in [6, 6.07) is 8.67. The topological polar surface area (TPSA) is 52.1 Å². The van der Waals surface area contributed by atoms with Gasteiger partial charge in [0.05, 0.1) is 6.54 Å². The number of hydrogen-bond acceptors (Lipinski definition) is 4. The van der Waals surface area contributed by atoms with Crippen molar-refractivity contribution in [3.63, 3.8) is 0 Å². The molecule has 2 N–H and O–H groups in total. The van der Waals surface area contributed by atoms with Crippen molar-refractivity contribution in [1.29, 1.82) is 0 Å². The van der Waals surface area contributed by atoms with Crippen LogP contribution in [0.15, 0.2) is 29.3 Å². The molecule has 0 aliphatic carbocycles. The molecular weight excluding hydrogens is 525 g/mol. The summed E-state index contributed by atoms with van der Waals surface area (Å²) in [5.41, 5.74) is 1.42. The van der Waals surface area contributed by atoms with E-state index in [1.807, 2.05) is 12.1 Å². The van der Waals surface area contributed by atoms with Crippen LogP contribution < -0.4 is 10.6 Å². The van der Waals surface area contributed by atoms with Gasteiger partial charge in [-0.2, -0.15) is 0 Å². The second-order valence-corrected chi connectivity index (χ2v) is 9.18. The lowest BCUT2D eigenvalue weighted by Crippen LogP contribution is -2.52. The van der Waals surface area contributed by atoms with E-state index in [1.54, 1.807) is 0 Å². The van der Waals surface area contributed by atoms with E-state index >= 15 is 0 Å². The summed E-state index contributed by atoms with van der Waals surface area (Å²) in [6.07, 6.45) is 4.33. The van der Waals surface area contributed by atoms with Gasteiger partial charge in [-0.3, -0.25) is 9.89 Å². The standard InChI is InChI=1S/C23H38ClN5O.HI/c1-4-25-22(26-18-23(28(2)3)11-15-30-16-12-23)27-21-9-13-29(14-10-21)17-19-5-7-20(24)8-6-19;/h5-8,21H,4,9-18H2,1-3H3,(H2,25,26,27);1H. The maximum Gasteiger partial charge on any atom is 0.191 e. The highest BCUT2D eigenvalue weighted by molar-refractivity contribution is 14.0. The molecule has 1 aromatic carbocycles. The van der Waals surface area contributed by atoms with Crippen LogP contribution in [0.5, 0.6) is 0 Å². The van der Waals surface area contributed by atoms with Gasteiger partial charge in [0.25, 0.3) is 0 Å². The molecule has 0 saturated carbocycles. The Morgan fingerprint density at radius 3 is 2.42 bits per heavy atom. The molecule has 0 atom stereocenters. The summed E-state index contributed by atoms with van der Waals surface area (Å²) in [5, 5.41) is 7.93. The van der Waals surface area contributed by atoms with Gasteiger partial charge in [0.15, 0.2) is 5.96 Å². The van der Waals surface area contributed by atoms with Gasteiger partial charge in [-0.15, -0.1) is 24.0 Å². The number of likely N-dealkylation sites (N-methyl/N-ethyl adjacent to an activating group) is 1. The van der Waals surface area contributed by atoms with Crippen LogP contribution >= 0.6 is 35.6 Å². The van der Waals surface area contributed by atoms with Crippen molar-refractivity contribution in [1.82, 2.24) is 20.4 Å². The van der Waals surface area contributed by atoms with E-state index in [2.05, 4.69) is 53.6 Å². The molecule has 2 fully saturated rings. The number of benzene rings is 1. The van der Waals surface area contributed by atoms with Crippen LogP contribution in [0.25, 0.3) is 0 Å². The fourth-order valence-corrected chi connectivity index (χ4v) is 4.45. The van der Waals surface area contributed by atoms with E-state index in [0.29, 0.717) is 6.04 Å². The molecule has 2 aliphatic rings. The quantitative estimate of drug-likeness (QED) is 0.302. The number of aliphatic imine (C=N–C) groups is 1. The summed E-state index contributed by atoms with van der Waals surface area (Å²) in [5.74, 6) is 0.946. The lowest BCUT2D eigenvalue weighted by Gasteiger charge is -2.42. The van der Waals surface area contributed by atoms with Gasteiger partial charge in [0.2, 0.25) is 0 Å². The van der Waals surface area contributed by atoms with Gasteiger partial charge in [-0.05, 0) is 64.4 Å². The number of likely N-dealkylation sites (tertiary alicyclic amines) is 1. The van der Waals surface area contributed by atoms with E-state index in [-0.39, 0.29) is 29.5 Å². The van der Waals surface area contributed by atoms with Gasteiger partial charge in [0, 0.05) is 56.0 Å². The summed E-state index contributed by atoms with van der Waals surface area (Å²) >= 11 is 6.00. The van der Waals surface area contributed by atoms with Crippen molar-refractivity contribution in [2.75, 3.05) is 53.5 Å². The molecule has 176 valence electrons. The van der Waals surface area contributed by atoms with Crippen LogP contribution in [-0.2, 0) is 11.3 Å². The SMILES string of the molecule is CCNC(=NCC1(N(C)C)CCOCC1)NC1CCN(Cc2ccc(Cl)cc2)CC1.I. The van der Waals surface area contributed by atoms with E-state index in [4.69, 9.17) is 21.3 Å². The summed E-state index contributed by atoms with van der Waals surface area (Å²) in [7, 11) is 4.33. The highest BCUT2D eigenvalue weighted by Gasteiger charge is 2.34. The van der Waals surface area contributed by atoms with E-state index in [9.17, 15) is 0 Å². The smallest absolute Gasteiger partial charge is 0.191 e. The fourth-order valence-electron chi connectivity index (χ4n) is 4.32. The monoisotopic (exact) mass is 563 g/mol. The predicted molar refractivity (Wildman–Crippen MR) is 141 cm³/mol. The molecule has 8 heteroatoms. The van der Waals surface area contributed by atoms with E-state index in [0.717, 1.165) is 82.6 Å². The lowest BCUT2D eigenvalue weighted by atomic mass is 9.89. The summed E-state index contributed by atoms with van der Waals surface area (Å²) < 4.78 is 5.59. The lowest BCUT2D eigenvalue weighted by molar-refractivity contribution is -0.00256. The Labute approximate surface area is 210 Å². The third-order valence-corrected chi connectivity index (χ3v) is 6.75. The third-order valence-electron chi connectivity index (χ3n) is 6.50. The van der Waals surface area contributed by atoms with Crippen LogP contribution in [0.1, 0.15) is 38.2 Å². The molecule has 2 aliphatic heterocycles. The predicted octanol–water partition coefficient (Wildman–Crippen LogP) is 3.59. The highest BCUT2D eigenvalue weighted by atomic mass is 127. The van der Waals surface area contributed by atoms with Crippen LogP contribution in [0, 0.1) is 0 Å². The Morgan fingerprint density at radius 2 is 1.84 bits per heavy atom. The molecule has 0 bridgehead atoms. The minimum atomic E-state index is 0. The Balaban J connectivity index is 0.00000341. The Kier molecular flexibility index (Phi) is 11.3. The molecule has 2 saturated heterocycles. The normalized spacial score (nSPS) is 20.4. The van der Waals surface area contributed by atoms with Crippen molar-refractivity contribution in [3.8, 4) is 0 Å². The Hall–Kier alpha value is -0.610. The molecule has 1 aromatic rings. The first kappa shape index (κ1) is 26.6. The molecule has 31 heavy (non-hydrogen) atoms. The summed E-state index contributed by atoms with van der Waals surface area (Å²) in [4.78, 5) is 9.84. The number of hydrogen-bond donors (Lipinski definition) is 2. The third kappa shape index (κ3) is 8.03. The molecule has 0 radical (unpaired) electrons. The van der Waals surface area contributed by atoms with Gasteiger partial charge in [-0.1, -0.05) is 23.7 Å². The average molecular weight is 564 g/mol. The average Bonchev–Trinajstić information content (AvgIpc) is 2.76. The van der Waals surface area contributed by atoms with Crippen LogP contribution in [0.2, 0.25) is 5.02 Å². The fraction of sp³-hybridized carbons (Fsp3) is 0.696. The van der Waals surface area contributed by atoms with Gasteiger partial charge < -0.3 is 20.3 Å². The molecule has 3 rings (SSSR count). The molecule has 0 amide bonds.